The van der Waals surface area contributed by atoms with Gasteiger partial charge in [0.1, 0.15) is 11.6 Å². The van der Waals surface area contributed by atoms with E-state index in [1.54, 1.807) is 26.0 Å². The zero-order valence-electron chi connectivity index (χ0n) is 21.5. The van der Waals surface area contributed by atoms with Gasteiger partial charge in [0.15, 0.2) is 5.82 Å². The van der Waals surface area contributed by atoms with Crippen LogP contribution in [0.25, 0.3) is 10.9 Å². The Labute approximate surface area is 220 Å². The largest absolute Gasteiger partial charge is 0.361 e. The molecule has 0 aliphatic carbocycles. The number of nitrogens with two attached hydrogens (primary N) is 1. The number of H-pyrrole nitrogens is 1. The molecule has 2 heterocycles. The van der Waals surface area contributed by atoms with Crippen LogP contribution < -0.4 is 11.1 Å². The first-order chi connectivity index (χ1) is 18.3. The number of aromatic amines is 1. The summed E-state index contributed by atoms with van der Waals surface area (Å²) in [6.07, 6.45) is 3.01. The van der Waals surface area contributed by atoms with Gasteiger partial charge in [0, 0.05) is 29.9 Å². The molecule has 1 amide bonds. The van der Waals surface area contributed by atoms with Crippen molar-refractivity contribution >= 4 is 16.8 Å². The molecule has 0 aliphatic rings. The van der Waals surface area contributed by atoms with Gasteiger partial charge in [0.2, 0.25) is 5.91 Å². The average Bonchev–Trinajstić information content (AvgIpc) is 3.49. The number of rotatable bonds is 9. The summed E-state index contributed by atoms with van der Waals surface area (Å²) in [5.74, 6) is 0.782. The van der Waals surface area contributed by atoms with E-state index < -0.39 is 11.6 Å². The number of nitrogens with zero attached hydrogens (tertiary/aromatic N) is 3. The number of hydrogen-bond donors (Lipinski definition) is 3. The molecule has 38 heavy (non-hydrogen) atoms. The van der Waals surface area contributed by atoms with E-state index in [9.17, 15) is 9.18 Å². The van der Waals surface area contributed by atoms with Gasteiger partial charge in [0.05, 0.1) is 18.1 Å². The van der Waals surface area contributed by atoms with Crippen molar-refractivity contribution in [1.29, 1.82) is 0 Å². The Kier molecular flexibility index (Phi) is 7.07. The maximum absolute atomic E-state index is 13.6. The van der Waals surface area contributed by atoms with Gasteiger partial charge in [-0.15, -0.1) is 10.2 Å². The van der Waals surface area contributed by atoms with Gasteiger partial charge >= 0.3 is 0 Å². The first-order valence-electron chi connectivity index (χ1n) is 12.6. The van der Waals surface area contributed by atoms with Crippen LogP contribution in [0, 0.1) is 5.82 Å². The van der Waals surface area contributed by atoms with Gasteiger partial charge in [-0.25, -0.2) is 4.39 Å². The number of carbonyl (C=O) groups excluding carboxylic acids is 1. The maximum Gasteiger partial charge on any atom is 0.240 e. The Hall–Kier alpha value is -4.30. The molecule has 3 aromatic carbocycles. The first-order valence-corrected chi connectivity index (χ1v) is 12.6. The van der Waals surface area contributed by atoms with Crippen molar-refractivity contribution in [2.75, 3.05) is 0 Å². The molecule has 0 radical (unpaired) electrons. The van der Waals surface area contributed by atoms with Crippen LogP contribution in [0.2, 0.25) is 0 Å². The van der Waals surface area contributed by atoms with E-state index in [1.807, 2.05) is 59.3 Å². The molecule has 5 rings (SSSR count). The Balaban J connectivity index is 1.57. The van der Waals surface area contributed by atoms with Crippen molar-refractivity contribution in [3.8, 4) is 0 Å². The Bertz CT molecular complexity index is 1530. The lowest BCUT2D eigenvalue weighted by atomic mass is 10.0. The molecule has 194 valence electrons. The van der Waals surface area contributed by atoms with Crippen LogP contribution in [-0.4, -0.2) is 31.2 Å². The summed E-state index contributed by atoms with van der Waals surface area (Å²) in [7, 11) is 0. The van der Waals surface area contributed by atoms with Gasteiger partial charge in [-0.05, 0) is 48.7 Å². The highest BCUT2D eigenvalue weighted by Crippen LogP contribution is 2.26. The quantitative estimate of drug-likeness (QED) is 0.268. The molecular formula is C30H31FN6O. The van der Waals surface area contributed by atoms with Crippen molar-refractivity contribution in [1.82, 2.24) is 25.1 Å². The lowest BCUT2D eigenvalue weighted by Gasteiger charge is -2.25. The molecule has 0 saturated heterocycles. The molecule has 8 heteroatoms. The SMILES string of the molecule is CC(C)(N)C(=O)NC(Cc1c[nH]c2ccccc12)c1nnc(Cc2ccccc2)n1Cc1ccc(F)cc1. The third-order valence-corrected chi connectivity index (χ3v) is 6.62. The summed E-state index contributed by atoms with van der Waals surface area (Å²) in [6.45, 7) is 3.78. The summed E-state index contributed by atoms with van der Waals surface area (Å²) in [5, 5.41) is 13.4. The minimum atomic E-state index is -1.08. The number of nitrogens with one attached hydrogen (secondary N) is 2. The van der Waals surface area contributed by atoms with E-state index in [-0.39, 0.29) is 11.7 Å². The van der Waals surface area contributed by atoms with Crippen molar-refractivity contribution in [3.63, 3.8) is 0 Å². The maximum atomic E-state index is 13.6. The van der Waals surface area contributed by atoms with E-state index in [0.29, 0.717) is 25.2 Å². The van der Waals surface area contributed by atoms with Crippen LogP contribution in [0.15, 0.2) is 85.1 Å². The normalized spacial score (nSPS) is 12.5. The van der Waals surface area contributed by atoms with Crippen molar-refractivity contribution in [3.05, 3.63) is 119 Å². The van der Waals surface area contributed by atoms with Gasteiger partial charge in [-0.3, -0.25) is 4.79 Å². The third-order valence-electron chi connectivity index (χ3n) is 6.62. The molecule has 0 bridgehead atoms. The fourth-order valence-electron chi connectivity index (χ4n) is 4.53. The monoisotopic (exact) mass is 510 g/mol. The van der Waals surface area contributed by atoms with Gasteiger partial charge in [-0.1, -0.05) is 60.7 Å². The second kappa shape index (κ2) is 10.6. The second-order valence-electron chi connectivity index (χ2n) is 10.2. The van der Waals surface area contributed by atoms with Crippen LogP contribution >= 0.6 is 0 Å². The standard InChI is InChI=1S/C30H31FN6O/c1-30(2,32)29(38)34-26(17-22-18-33-25-11-7-6-10-24(22)25)28-36-35-27(16-20-8-4-3-5-9-20)37(28)19-21-12-14-23(31)15-13-21/h3-15,18,26,33H,16-17,19,32H2,1-2H3,(H,34,38). The van der Waals surface area contributed by atoms with Crippen molar-refractivity contribution in [2.24, 2.45) is 5.73 Å². The number of aromatic nitrogens is 4. The molecule has 0 saturated carbocycles. The summed E-state index contributed by atoms with van der Waals surface area (Å²) < 4.78 is 15.7. The number of para-hydroxylation sites is 1. The molecule has 2 aromatic heterocycles. The number of fused-ring (bicyclic) bond motifs is 1. The minimum Gasteiger partial charge on any atom is -0.361 e. The topological polar surface area (TPSA) is 102 Å². The number of hydrogen-bond acceptors (Lipinski definition) is 4. The van der Waals surface area contributed by atoms with Crippen LogP contribution in [-0.2, 0) is 24.2 Å². The fourth-order valence-corrected chi connectivity index (χ4v) is 4.53. The van der Waals surface area contributed by atoms with E-state index in [0.717, 1.165) is 33.4 Å². The van der Waals surface area contributed by atoms with E-state index in [1.165, 1.54) is 12.1 Å². The zero-order chi connectivity index (χ0) is 26.7. The molecule has 1 atom stereocenters. The lowest BCUT2D eigenvalue weighted by molar-refractivity contribution is -0.126. The van der Waals surface area contributed by atoms with Crippen LogP contribution in [0.4, 0.5) is 4.39 Å². The van der Waals surface area contributed by atoms with Crippen molar-refractivity contribution < 1.29 is 9.18 Å². The Morgan fingerprint density at radius 2 is 1.71 bits per heavy atom. The number of halogens is 1. The van der Waals surface area contributed by atoms with E-state index in [4.69, 9.17) is 5.73 Å². The van der Waals surface area contributed by atoms with Gasteiger partial charge < -0.3 is 20.6 Å². The van der Waals surface area contributed by atoms with E-state index in [2.05, 4.69) is 26.6 Å². The molecule has 0 aliphatic heterocycles. The molecular weight excluding hydrogens is 479 g/mol. The molecule has 7 nitrogen and oxygen atoms in total. The van der Waals surface area contributed by atoms with Crippen molar-refractivity contribution in [2.45, 2.75) is 44.8 Å². The summed E-state index contributed by atoms with van der Waals surface area (Å²) in [5.41, 5.74) is 9.13. The molecule has 5 aromatic rings. The van der Waals surface area contributed by atoms with Crippen LogP contribution in [0.1, 0.15) is 48.2 Å². The Morgan fingerprint density at radius 1 is 1.00 bits per heavy atom. The third kappa shape index (κ3) is 5.65. The van der Waals surface area contributed by atoms with Crippen LogP contribution in [0.5, 0.6) is 0 Å². The molecule has 0 spiro atoms. The summed E-state index contributed by atoms with van der Waals surface area (Å²) in [4.78, 5) is 16.4. The Morgan fingerprint density at radius 3 is 2.45 bits per heavy atom. The summed E-state index contributed by atoms with van der Waals surface area (Å²) in [6, 6.07) is 24.0. The summed E-state index contributed by atoms with van der Waals surface area (Å²) >= 11 is 0. The molecule has 0 fully saturated rings. The minimum absolute atomic E-state index is 0.289. The highest BCUT2D eigenvalue weighted by Gasteiger charge is 2.29. The van der Waals surface area contributed by atoms with Gasteiger partial charge in [-0.2, -0.15) is 0 Å². The highest BCUT2D eigenvalue weighted by atomic mass is 19.1. The first kappa shape index (κ1) is 25.4. The predicted octanol–water partition coefficient (Wildman–Crippen LogP) is 4.67. The molecule has 4 N–H and O–H groups in total. The highest BCUT2D eigenvalue weighted by molar-refractivity contribution is 5.86. The number of benzene rings is 3. The second-order valence-corrected chi connectivity index (χ2v) is 10.2. The van der Waals surface area contributed by atoms with Gasteiger partial charge in [0.25, 0.3) is 0 Å². The smallest absolute Gasteiger partial charge is 0.240 e. The zero-order valence-corrected chi connectivity index (χ0v) is 21.5. The number of amides is 1. The van der Waals surface area contributed by atoms with Crippen LogP contribution in [0.3, 0.4) is 0 Å². The predicted molar refractivity (Wildman–Crippen MR) is 146 cm³/mol. The number of carbonyl (C=O) groups is 1. The molecule has 1 unspecified atom stereocenters. The fraction of sp³-hybridized carbons (Fsp3) is 0.233. The lowest BCUT2D eigenvalue weighted by Crippen LogP contribution is -2.50. The van der Waals surface area contributed by atoms with E-state index >= 15 is 0 Å². The average molecular weight is 511 g/mol.